The molecule has 3 N–H and O–H groups in total. The summed E-state index contributed by atoms with van der Waals surface area (Å²) in [6, 6.07) is 9.71. The molecule has 5 nitrogen and oxygen atoms in total. The molecule has 1 aromatic carbocycles. The predicted octanol–water partition coefficient (Wildman–Crippen LogP) is 3.32. The van der Waals surface area contributed by atoms with Gasteiger partial charge in [-0.3, -0.25) is 9.69 Å². The zero-order valence-corrected chi connectivity index (χ0v) is 18.6. The van der Waals surface area contributed by atoms with E-state index in [1.54, 1.807) is 0 Å². The normalized spacial score (nSPS) is 22.2. The maximum absolute atomic E-state index is 12.9. The molecule has 7 heteroatoms. The van der Waals surface area contributed by atoms with Crippen molar-refractivity contribution in [3.63, 3.8) is 0 Å². The largest absolute Gasteiger partial charge is 0.379 e. The monoisotopic (exact) mass is 431 g/mol. The lowest BCUT2D eigenvalue weighted by atomic mass is 9.85. The van der Waals surface area contributed by atoms with E-state index in [4.69, 9.17) is 10.5 Å². The van der Waals surface area contributed by atoms with E-state index in [-0.39, 0.29) is 54.3 Å². The second-order valence-corrected chi connectivity index (χ2v) is 7.87. The zero-order chi connectivity index (χ0) is 18.6. The van der Waals surface area contributed by atoms with Crippen molar-refractivity contribution in [2.75, 3.05) is 26.3 Å². The van der Waals surface area contributed by atoms with Gasteiger partial charge in [-0.25, -0.2) is 0 Å². The number of morpholine rings is 1. The number of carbonyl (C=O) groups excluding carboxylic acids is 1. The molecule has 1 saturated heterocycles. The third kappa shape index (κ3) is 5.39. The molecule has 1 aromatic rings. The number of nitrogens with two attached hydrogens (primary N) is 1. The molecule has 3 rings (SSSR count). The lowest BCUT2D eigenvalue weighted by Gasteiger charge is -2.47. The van der Waals surface area contributed by atoms with Crippen LogP contribution in [0.5, 0.6) is 0 Å². The van der Waals surface area contributed by atoms with Crippen molar-refractivity contribution in [2.45, 2.75) is 57.2 Å². The lowest BCUT2D eigenvalue weighted by molar-refractivity contribution is -0.127. The number of hydrogen-bond donors (Lipinski definition) is 2. The average molecular weight is 432 g/mol. The van der Waals surface area contributed by atoms with Crippen LogP contribution in [0.2, 0.25) is 0 Å². The quantitative estimate of drug-likeness (QED) is 0.724. The summed E-state index contributed by atoms with van der Waals surface area (Å²) >= 11 is 0. The molecule has 0 bridgehead atoms. The summed E-state index contributed by atoms with van der Waals surface area (Å²) in [6.45, 7) is 7.59. The molecule has 160 valence electrons. The van der Waals surface area contributed by atoms with Crippen molar-refractivity contribution in [2.24, 2.45) is 11.7 Å². The fourth-order valence-electron chi connectivity index (χ4n) is 4.63. The van der Waals surface area contributed by atoms with Crippen LogP contribution in [0.1, 0.15) is 51.1 Å². The Kier molecular flexibility index (Phi) is 10.2. The molecule has 0 radical (unpaired) electrons. The predicted molar refractivity (Wildman–Crippen MR) is 118 cm³/mol. The van der Waals surface area contributed by atoms with Crippen LogP contribution in [0.25, 0.3) is 0 Å². The maximum Gasteiger partial charge on any atom is 0.225 e. The van der Waals surface area contributed by atoms with Crippen LogP contribution in [-0.4, -0.2) is 48.7 Å². The molecule has 3 unspecified atom stereocenters. The Morgan fingerprint density at radius 1 is 1.11 bits per heavy atom. The highest BCUT2D eigenvalue weighted by Gasteiger charge is 2.45. The van der Waals surface area contributed by atoms with E-state index in [0.29, 0.717) is 0 Å². The summed E-state index contributed by atoms with van der Waals surface area (Å²) < 4.78 is 5.54. The molecule has 2 aliphatic rings. The van der Waals surface area contributed by atoms with E-state index in [0.717, 1.165) is 44.7 Å². The molecular weight excluding hydrogens is 397 g/mol. The van der Waals surface area contributed by atoms with Crippen LogP contribution in [0.15, 0.2) is 30.3 Å². The van der Waals surface area contributed by atoms with E-state index in [9.17, 15) is 4.79 Å². The fourth-order valence-corrected chi connectivity index (χ4v) is 4.63. The van der Waals surface area contributed by atoms with Crippen molar-refractivity contribution >= 4 is 30.7 Å². The molecule has 1 aliphatic heterocycles. The minimum Gasteiger partial charge on any atom is -0.379 e. The van der Waals surface area contributed by atoms with Crippen molar-refractivity contribution in [1.82, 2.24) is 10.2 Å². The van der Waals surface area contributed by atoms with Crippen molar-refractivity contribution < 1.29 is 9.53 Å². The molecule has 3 atom stereocenters. The highest BCUT2D eigenvalue weighted by atomic mass is 35.5. The van der Waals surface area contributed by atoms with Crippen LogP contribution in [-0.2, 0) is 9.53 Å². The molecule has 1 heterocycles. The first-order valence-corrected chi connectivity index (χ1v) is 9.98. The smallest absolute Gasteiger partial charge is 0.225 e. The van der Waals surface area contributed by atoms with Gasteiger partial charge >= 0.3 is 0 Å². The number of benzene rings is 1. The lowest BCUT2D eigenvalue weighted by Crippen LogP contribution is -2.62. The summed E-state index contributed by atoms with van der Waals surface area (Å²) in [4.78, 5) is 15.5. The number of nitrogens with one attached hydrogen (secondary N) is 1. The summed E-state index contributed by atoms with van der Waals surface area (Å²) in [5.41, 5.74) is 7.43. The van der Waals surface area contributed by atoms with E-state index < -0.39 is 0 Å². The van der Waals surface area contributed by atoms with Crippen molar-refractivity contribution in [1.29, 1.82) is 0 Å². The van der Waals surface area contributed by atoms with Crippen molar-refractivity contribution in [3.05, 3.63) is 35.9 Å². The topological polar surface area (TPSA) is 67.6 Å². The molecule has 1 amide bonds. The Labute approximate surface area is 181 Å². The molecule has 1 saturated carbocycles. The summed E-state index contributed by atoms with van der Waals surface area (Å²) in [7, 11) is 0. The van der Waals surface area contributed by atoms with E-state index in [1.165, 1.54) is 12.8 Å². The minimum atomic E-state index is -0.286. The summed E-state index contributed by atoms with van der Waals surface area (Å²) in [5.74, 6) is -0.212. The standard InChI is InChI=1S/C21H33N3O2.2ClH/c1-16(19(22)18-8-4-3-5-9-18)20(25)23-17(2)21(10-6-7-11-21)24-12-14-26-15-13-24;;/h3-5,8-9,16-17,19H,6-7,10-15,22H2,1-2H3,(H,23,25);2*1H. The zero-order valence-electron chi connectivity index (χ0n) is 16.9. The first kappa shape index (κ1) is 25.2. The van der Waals surface area contributed by atoms with Gasteiger partial charge in [0.15, 0.2) is 0 Å². The SMILES string of the molecule is CC(C(=O)NC(C)C1(N2CCOCC2)CCCC1)C(N)c1ccccc1.Cl.Cl. The second kappa shape index (κ2) is 11.4. The van der Waals surface area contributed by atoms with Crippen LogP contribution in [0.3, 0.4) is 0 Å². The highest BCUT2D eigenvalue weighted by molar-refractivity contribution is 5.85. The number of nitrogens with zero attached hydrogens (tertiary/aromatic N) is 1. The number of halogens is 2. The first-order valence-electron chi connectivity index (χ1n) is 9.98. The van der Waals surface area contributed by atoms with Gasteiger partial charge in [0.25, 0.3) is 0 Å². The van der Waals surface area contributed by atoms with Gasteiger partial charge in [0.2, 0.25) is 5.91 Å². The second-order valence-electron chi connectivity index (χ2n) is 7.87. The van der Waals surface area contributed by atoms with Gasteiger partial charge in [0, 0.05) is 30.7 Å². The maximum atomic E-state index is 12.9. The third-order valence-electron chi connectivity index (χ3n) is 6.41. The third-order valence-corrected chi connectivity index (χ3v) is 6.41. The van der Waals surface area contributed by atoms with Gasteiger partial charge in [-0.15, -0.1) is 24.8 Å². The fraction of sp³-hybridized carbons (Fsp3) is 0.667. The van der Waals surface area contributed by atoms with Gasteiger partial charge in [-0.1, -0.05) is 50.1 Å². The summed E-state index contributed by atoms with van der Waals surface area (Å²) in [5, 5.41) is 3.31. The Hall–Kier alpha value is -0.850. The Morgan fingerprint density at radius 3 is 2.25 bits per heavy atom. The number of rotatable bonds is 6. The van der Waals surface area contributed by atoms with E-state index in [1.807, 2.05) is 37.3 Å². The first-order chi connectivity index (χ1) is 12.5. The summed E-state index contributed by atoms with van der Waals surface area (Å²) in [6.07, 6.45) is 4.76. The van der Waals surface area contributed by atoms with E-state index in [2.05, 4.69) is 17.1 Å². The van der Waals surface area contributed by atoms with Crippen LogP contribution in [0, 0.1) is 5.92 Å². The van der Waals surface area contributed by atoms with E-state index >= 15 is 0 Å². The van der Waals surface area contributed by atoms with Gasteiger partial charge in [0.1, 0.15) is 0 Å². The molecular formula is C21H35Cl2N3O2. The average Bonchev–Trinajstić information content (AvgIpc) is 3.19. The number of amides is 1. The number of carbonyl (C=O) groups is 1. The van der Waals surface area contributed by atoms with Gasteiger partial charge in [-0.2, -0.15) is 0 Å². The molecule has 0 aromatic heterocycles. The molecule has 1 aliphatic carbocycles. The molecule has 28 heavy (non-hydrogen) atoms. The van der Waals surface area contributed by atoms with Gasteiger partial charge in [-0.05, 0) is 25.3 Å². The highest BCUT2D eigenvalue weighted by Crippen LogP contribution is 2.38. The van der Waals surface area contributed by atoms with Gasteiger partial charge in [0.05, 0.1) is 19.1 Å². The van der Waals surface area contributed by atoms with Crippen LogP contribution >= 0.6 is 24.8 Å². The molecule has 2 fully saturated rings. The van der Waals surface area contributed by atoms with Crippen LogP contribution in [0.4, 0.5) is 0 Å². The van der Waals surface area contributed by atoms with Crippen molar-refractivity contribution in [3.8, 4) is 0 Å². The Morgan fingerprint density at radius 2 is 1.68 bits per heavy atom. The van der Waals surface area contributed by atoms with Crippen LogP contribution < -0.4 is 11.1 Å². The minimum absolute atomic E-state index is 0. The van der Waals surface area contributed by atoms with Gasteiger partial charge < -0.3 is 15.8 Å². The Balaban J connectivity index is 0.00000196. The Bertz CT molecular complexity index is 591. The number of hydrogen-bond acceptors (Lipinski definition) is 4. The molecule has 0 spiro atoms. The number of ether oxygens (including phenoxy) is 1.